The van der Waals surface area contributed by atoms with E-state index in [1.165, 1.54) is 0 Å². The number of urea groups is 1. The molecule has 13 heavy (non-hydrogen) atoms. The predicted molar refractivity (Wildman–Crippen MR) is 49.2 cm³/mol. The number of nitrogens with one attached hydrogen (secondary N) is 1. The Balaban J connectivity index is 2.34. The lowest BCUT2D eigenvalue weighted by molar-refractivity contribution is -0.121. The number of imide groups is 1. The minimum Gasteiger partial charge on any atom is -0.324 e. The van der Waals surface area contributed by atoms with Gasteiger partial charge < -0.3 is 4.90 Å². The summed E-state index contributed by atoms with van der Waals surface area (Å²) in [5.74, 6) is 0.427. The van der Waals surface area contributed by atoms with Crippen molar-refractivity contribution in [3.05, 3.63) is 0 Å². The molecule has 1 N–H and O–H groups in total. The molecule has 0 aliphatic carbocycles. The molecule has 1 rings (SSSR count). The summed E-state index contributed by atoms with van der Waals surface area (Å²) in [6.07, 6.45) is 1.42. The molecule has 1 aliphatic heterocycles. The molecule has 1 aliphatic rings. The third-order valence-electron chi connectivity index (χ3n) is 2.12. The molecule has 1 saturated heterocycles. The largest absolute Gasteiger partial charge is 0.324 e. The normalized spacial score (nSPS) is 17.9. The van der Waals surface area contributed by atoms with Gasteiger partial charge in [0.05, 0.1) is 0 Å². The van der Waals surface area contributed by atoms with Gasteiger partial charge in [-0.05, 0) is 12.3 Å². The molecule has 0 bridgehead atoms. The van der Waals surface area contributed by atoms with Crippen molar-refractivity contribution in [2.75, 3.05) is 13.1 Å². The molecule has 0 radical (unpaired) electrons. The first-order chi connectivity index (χ1) is 6.09. The summed E-state index contributed by atoms with van der Waals surface area (Å²) >= 11 is 0. The van der Waals surface area contributed by atoms with Crippen molar-refractivity contribution in [1.29, 1.82) is 0 Å². The number of hydrogen-bond donors (Lipinski definition) is 1. The Labute approximate surface area is 78.3 Å². The first-order valence-corrected chi connectivity index (χ1v) is 4.68. The van der Waals surface area contributed by atoms with Crippen LogP contribution in [0.3, 0.4) is 0 Å². The highest BCUT2D eigenvalue weighted by Crippen LogP contribution is 2.05. The fraction of sp³-hybridized carbons (Fsp3) is 0.778. The van der Waals surface area contributed by atoms with Crippen LogP contribution in [0.4, 0.5) is 4.79 Å². The molecule has 3 amide bonds. The molecule has 0 aromatic rings. The van der Waals surface area contributed by atoms with Gasteiger partial charge in [-0.3, -0.25) is 10.1 Å². The van der Waals surface area contributed by atoms with Crippen LogP contribution in [0.2, 0.25) is 0 Å². The zero-order valence-electron chi connectivity index (χ0n) is 8.17. The number of carbonyl (C=O) groups is 2. The van der Waals surface area contributed by atoms with Gasteiger partial charge in [0.2, 0.25) is 5.91 Å². The fourth-order valence-electron chi connectivity index (χ4n) is 1.23. The molecule has 0 aromatic carbocycles. The van der Waals surface area contributed by atoms with Crippen molar-refractivity contribution < 1.29 is 9.59 Å². The van der Waals surface area contributed by atoms with Crippen LogP contribution in [-0.4, -0.2) is 29.9 Å². The number of amides is 3. The molecular weight excluding hydrogens is 168 g/mol. The number of rotatable bonds is 3. The molecule has 1 heterocycles. The molecule has 1 fully saturated rings. The van der Waals surface area contributed by atoms with E-state index >= 15 is 0 Å². The second kappa shape index (κ2) is 4.25. The molecule has 0 unspecified atom stereocenters. The van der Waals surface area contributed by atoms with E-state index < -0.39 is 0 Å². The van der Waals surface area contributed by atoms with E-state index in [0.717, 1.165) is 13.0 Å². The van der Waals surface area contributed by atoms with Crippen LogP contribution in [-0.2, 0) is 4.79 Å². The number of nitrogens with zero attached hydrogens (tertiary/aromatic N) is 1. The molecular formula is C9H16N2O2. The van der Waals surface area contributed by atoms with Gasteiger partial charge in [-0.2, -0.15) is 0 Å². The summed E-state index contributed by atoms with van der Waals surface area (Å²) in [7, 11) is 0. The van der Waals surface area contributed by atoms with Gasteiger partial charge in [0.15, 0.2) is 0 Å². The van der Waals surface area contributed by atoms with Gasteiger partial charge in [0.25, 0.3) is 0 Å². The zero-order chi connectivity index (χ0) is 9.84. The molecule has 4 heteroatoms. The molecule has 0 aromatic heterocycles. The van der Waals surface area contributed by atoms with Crippen LogP contribution in [0.25, 0.3) is 0 Å². The van der Waals surface area contributed by atoms with Crippen molar-refractivity contribution in [2.24, 2.45) is 5.92 Å². The molecule has 74 valence electrons. The minimum absolute atomic E-state index is 0.161. The van der Waals surface area contributed by atoms with Gasteiger partial charge in [-0.1, -0.05) is 13.8 Å². The Bertz CT molecular complexity index is 214. The van der Waals surface area contributed by atoms with Gasteiger partial charge >= 0.3 is 6.03 Å². The third-order valence-corrected chi connectivity index (χ3v) is 2.12. The summed E-state index contributed by atoms with van der Waals surface area (Å²) < 4.78 is 0. The van der Waals surface area contributed by atoms with Crippen LogP contribution in [0.15, 0.2) is 0 Å². The number of hydrogen-bond acceptors (Lipinski definition) is 2. The van der Waals surface area contributed by atoms with Crippen LogP contribution in [0, 0.1) is 5.92 Å². The highest BCUT2D eigenvalue weighted by Gasteiger charge is 2.22. The molecule has 0 saturated carbocycles. The quantitative estimate of drug-likeness (QED) is 0.710. The Morgan fingerprint density at radius 1 is 1.46 bits per heavy atom. The smallest absolute Gasteiger partial charge is 0.324 e. The predicted octanol–water partition coefficient (Wildman–Crippen LogP) is 0.974. The maximum absolute atomic E-state index is 11.2. The summed E-state index contributed by atoms with van der Waals surface area (Å²) in [5, 5.41) is 2.30. The lowest BCUT2D eigenvalue weighted by Crippen LogP contribution is -2.49. The van der Waals surface area contributed by atoms with E-state index in [1.54, 1.807) is 4.90 Å². The Morgan fingerprint density at radius 2 is 2.15 bits per heavy atom. The van der Waals surface area contributed by atoms with E-state index in [1.807, 2.05) is 0 Å². The second-order valence-corrected chi connectivity index (χ2v) is 3.77. The van der Waals surface area contributed by atoms with Crippen LogP contribution < -0.4 is 5.32 Å². The zero-order valence-corrected chi connectivity index (χ0v) is 8.17. The van der Waals surface area contributed by atoms with Crippen molar-refractivity contribution in [2.45, 2.75) is 26.7 Å². The average molecular weight is 184 g/mol. The van der Waals surface area contributed by atoms with Gasteiger partial charge in [0.1, 0.15) is 0 Å². The fourth-order valence-corrected chi connectivity index (χ4v) is 1.23. The SMILES string of the molecule is CC(C)CCN1CCC(=O)NC1=O. The van der Waals surface area contributed by atoms with Crippen molar-refractivity contribution >= 4 is 11.9 Å². The summed E-state index contributed by atoms with van der Waals surface area (Å²) in [6, 6.07) is -0.239. The van der Waals surface area contributed by atoms with E-state index in [4.69, 9.17) is 0 Å². The number of carbonyl (C=O) groups excluding carboxylic acids is 2. The maximum Gasteiger partial charge on any atom is 0.324 e. The Morgan fingerprint density at radius 3 is 2.69 bits per heavy atom. The first kappa shape index (κ1) is 10.0. The summed E-state index contributed by atoms with van der Waals surface area (Å²) in [6.45, 7) is 5.55. The van der Waals surface area contributed by atoms with E-state index in [-0.39, 0.29) is 11.9 Å². The van der Waals surface area contributed by atoms with Crippen LogP contribution in [0.1, 0.15) is 26.7 Å². The van der Waals surface area contributed by atoms with Crippen molar-refractivity contribution in [1.82, 2.24) is 10.2 Å². The minimum atomic E-state index is -0.239. The summed E-state index contributed by atoms with van der Waals surface area (Å²) in [4.78, 5) is 23.7. The van der Waals surface area contributed by atoms with Gasteiger partial charge in [-0.15, -0.1) is 0 Å². The standard InChI is InChI=1S/C9H16N2O2/c1-7(2)3-5-11-6-4-8(12)10-9(11)13/h7H,3-6H2,1-2H3,(H,10,12,13). The monoisotopic (exact) mass is 184 g/mol. The van der Waals surface area contributed by atoms with Crippen LogP contribution in [0.5, 0.6) is 0 Å². The molecule has 0 atom stereocenters. The summed E-state index contributed by atoms with van der Waals surface area (Å²) in [5.41, 5.74) is 0. The average Bonchev–Trinajstić information content (AvgIpc) is 2.02. The van der Waals surface area contributed by atoms with Crippen molar-refractivity contribution in [3.8, 4) is 0 Å². The topological polar surface area (TPSA) is 49.4 Å². The highest BCUT2D eigenvalue weighted by molar-refractivity contribution is 5.96. The van der Waals surface area contributed by atoms with E-state index in [0.29, 0.717) is 18.9 Å². The Hall–Kier alpha value is -1.06. The van der Waals surface area contributed by atoms with E-state index in [9.17, 15) is 9.59 Å². The van der Waals surface area contributed by atoms with Gasteiger partial charge in [-0.25, -0.2) is 4.79 Å². The second-order valence-electron chi connectivity index (χ2n) is 3.77. The lowest BCUT2D eigenvalue weighted by Gasteiger charge is -2.26. The highest BCUT2D eigenvalue weighted by atomic mass is 16.2. The third kappa shape index (κ3) is 3.05. The van der Waals surface area contributed by atoms with E-state index in [2.05, 4.69) is 19.2 Å². The lowest BCUT2D eigenvalue weighted by atomic mass is 10.1. The van der Waals surface area contributed by atoms with Gasteiger partial charge in [0, 0.05) is 19.5 Å². The Kier molecular flexibility index (Phi) is 3.28. The molecule has 4 nitrogen and oxygen atoms in total. The van der Waals surface area contributed by atoms with Crippen molar-refractivity contribution in [3.63, 3.8) is 0 Å². The maximum atomic E-state index is 11.2. The first-order valence-electron chi connectivity index (χ1n) is 4.68. The van der Waals surface area contributed by atoms with Crippen LogP contribution >= 0.6 is 0 Å². The molecule has 0 spiro atoms.